The summed E-state index contributed by atoms with van der Waals surface area (Å²) in [6.45, 7) is 1.04. The first-order valence-corrected chi connectivity index (χ1v) is 12.9. The van der Waals surface area contributed by atoms with Crippen LogP contribution in [-0.2, 0) is 24.3 Å². The number of sulfonamides is 1. The van der Waals surface area contributed by atoms with Crippen molar-refractivity contribution >= 4 is 21.9 Å². The summed E-state index contributed by atoms with van der Waals surface area (Å²) >= 11 is 0. The Morgan fingerprint density at radius 2 is 1.56 bits per heavy atom. The maximum Gasteiger partial charge on any atom is 0.338 e. The smallest absolute Gasteiger partial charge is 0.338 e. The number of ether oxygens (including phenoxy) is 2. The van der Waals surface area contributed by atoms with E-state index >= 15 is 0 Å². The van der Waals surface area contributed by atoms with Crippen LogP contribution in [0, 0.1) is 17.8 Å². The summed E-state index contributed by atoms with van der Waals surface area (Å²) in [6, 6.07) is 5.65. The fourth-order valence-electron chi connectivity index (χ4n) is 6.51. The first kappa shape index (κ1) is 21.9. The Morgan fingerprint density at radius 3 is 2.12 bits per heavy atom. The number of carbonyl (C=O) groups is 2. The van der Waals surface area contributed by atoms with Crippen molar-refractivity contribution in [1.82, 2.24) is 9.62 Å². The summed E-state index contributed by atoms with van der Waals surface area (Å²) in [5, 5.41) is 3.19. The van der Waals surface area contributed by atoms with Crippen LogP contribution in [0.5, 0.6) is 0 Å². The molecule has 1 saturated heterocycles. The minimum atomic E-state index is -3.62. The summed E-state index contributed by atoms with van der Waals surface area (Å²) in [5.74, 6) is 1.26. The second kappa shape index (κ2) is 8.43. The van der Waals surface area contributed by atoms with E-state index in [1.165, 1.54) is 47.8 Å². The van der Waals surface area contributed by atoms with Gasteiger partial charge in [-0.1, -0.05) is 0 Å². The van der Waals surface area contributed by atoms with Crippen LogP contribution in [0.4, 0.5) is 0 Å². The van der Waals surface area contributed by atoms with Gasteiger partial charge in [-0.2, -0.15) is 4.31 Å². The fraction of sp³-hybridized carbons (Fsp3) is 0.652. The molecule has 32 heavy (non-hydrogen) atoms. The van der Waals surface area contributed by atoms with Gasteiger partial charge < -0.3 is 14.8 Å². The topological polar surface area (TPSA) is 102 Å². The Bertz CT molecular complexity index is 949. The van der Waals surface area contributed by atoms with Gasteiger partial charge in [0.1, 0.15) is 0 Å². The van der Waals surface area contributed by atoms with Gasteiger partial charge in [-0.3, -0.25) is 4.79 Å². The molecule has 8 nitrogen and oxygen atoms in total. The van der Waals surface area contributed by atoms with E-state index in [0.717, 1.165) is 37.0 Å². The molecule has 4 aliphatic carbocycles. The van der Waals surface area contributed by atoms with Crippen LogP contribution in [0.1, 0.15) is 48.9 Å². The highest BCUT2D eigenvalue weighted by Gasteiger charge is 2.51. The highest BCUT2D eigenvalue weighted by Crippen LogP contribution is 2.55. The average molecular weight is 463 g/mol. The molecule has 0 spiro atoms. The van der Waals surface area contributed by atoms with Gasteiger partial charge in [0, 0.05) is 18.6 Å². The zero-order valence-corrected chi connectivity index (χ0v) is 18.9. The summed E-state index contributed by atoms with van der Waals surface area (Å²) in [5.41, 5.74) is 0.0989. The van der Waals surface area contributed by atoms with Crippen molar-refractivity contribution < 1.29 is 27.5 Å². The molecule has 174 valence electrons. The van der Waals surface area contributed by atoms with Crippen LogP contribution in [-0.4, -0.2) is 63.0 Å². The molecule has 0 atom stereocenters. The molecule has 1 heterocycles. The molecular weight excluding hydrogens is 432 g/mol. The summed E-state index contributed by atoms with van der Waals surface area (Å²) in [6.07, 6.45) is 7.00. The molecule has 0 aromatic heterocycles. The number of hydrogen-bond donors (Lipinski definition) is 1. The first-order valence-electron chi connectivity index (χ1n) is 11.5. The Hall–Kier alpha value is -1.97. The van der Waals surface area contributed by atoms with Crippen LogP contribution in [0.2, 0.25) is 0 Å². The lowest BCUT2D eigenvalue weighted by Gasteiger charge is -2.56. The number of rotatable bonds is 6. The first-order chi connectivity index (χ1) is 15.3. The predicted molar refractivity (Wildman–Crippen MR) is 115 cm³/mol. The van der Waals surface area contributed by atoms with E-state index in [9.17, 15) is 18.0 Å². The lowest BCUT2D eigenvalue weighted by atomic mass is 9.53. The highest BCUT2D eigenvalue weighted by atomic mass is 32.2. The van der Waals surface area contributed by atoms with Crippen molar-refractivity contribution in [2.45, 2.75) is 49.0 Å². The van der Waals surface area contributed by atoms with Crippen LogP contribution in [0.3, 0.4) is 0 Å². The van der Waals surface area contributed by atoms with Gasteiger partial charge in [-0.15, -0.1) is 0 Å². The molecule has 1 N–H and O–H groups in total. The van der Waals surface area contributed by atoms with Crippen LogP contribution < -0.4 is 5.32 Å². The third-order valence-electron chi connectivity index (χ3n) is 7.48. The Morgan fingerprint density at radius 1 is 1.00 bits per heavy atom. The van der Waals surface area contributed by atoms with Crippen LogP contribution in [0.25, 0.3) is 0 Å². The van der Waals surface area contributed by atoms with Crippen LogP contribution >= 0.6 is 0 Å². The predicted octanol–water partition coefficient (Wildman–Crippen LogP) is 1.95. The van der Waals surface area contributed by atoms with Gasteiger partial charge in [0.15, 0.2) is 6.61 Å². The minimum absolute atomic E-state index is 0.117. The Balaban J connectivity index is 1.15. The standard InChI is InChI=1S/C23H30N2O6S/c26-21(24-23-12-16-9-17(13-23)11-18(10-16)14-23)15-31-22(27)19-1-3-20(4-2-19)32(28,29)25-5-7-30-8-6-25/h1-4,16-18H,5-15H2,(H,24,26). The maximum absolute atomic E-state index is 12.7. The van der Waals surface area contributed by atoms with Crippen molar-refractivity contribution in [3.63, 3.8) is 0 Å². The number of amides is 1. The van der Waals surface area contributed by atoms with Gasteiger partial charge in [0.2, 0.25) is 10.0 Å². The lowest BCUT2D eigenvalue weighted by Crippen LogP contribution is -2.60. The zero-order chi connectivity index (χ0) is 22.3. The van der Waals surface area contributed by atoms with Crippen molar-refractivity contribution in [3.8, 4) is 0 Å². The SMILES string of the molecule is O=C(COC(=O)c1ccc(S(=O)(=O)N2CCOCC2)cc1)NC12CC3CC(CC(C3)C1)C2. The highest BCUT2D eigenvalue weighted by molar-refractivity contribution is 7.89. The van der Waals surface area contributed by atoms with Gasteiger partial charge in [0.05, 0.1) is 23.7 Å². The van der Waals surface area contributed by atoms with Gasteiger partial charge >= 0.3 is 5.97 Å². The number of nitrogens with zero attached hydrogens (tertiary/aromatic N) is 1. The summed E-state index contributed by atoms with van der Waals surface area (Å²) < 4.78 is 37.2. The monoisotopic (exact) mass is 462 g/mol. The van der Waals surface area contributed by atoms with Crippen molar-refractivity contribution in [2.75, 3.05) is 32.9 Å². The lowest BCUT2D eigenvalue weighted by molar-refractivity contribution is -0.130. The van der Waals surface area contributed by atoms with Gasteiger partial charge in [-0.25, -0.2) is 13.2 Å². The molecular formula is C23H30N2O6S. The molecule has 6 rings (SSSR count). The normalized spacial score (nSPS) is 31.9. The van der Waals surface area contributed by atoms with Crippen molar-refractivity contribution in [2.24, 2.45) is 17.8 Å². The molecule has 5 aliphatic rings. The molecule has 5 fully saturated rings. The number of esters is 1. The van der Waals surface area contributed by atoms with Gasteiger partial charge in [-0.05, 0) is 80.5 Å². The van der Waals surface area contributed by atoms with Gasteiger partial charge in [0.25, 0.3) is 5.91 Å². The average Bonchev–Trinajstić information content (AvgIpc) is 2.77. The van der Waals surface area contributed by atoms with Crippen LogP contribution in [0.15, 0.2) is 29.2 Å². The quantitative estimate of drug-likeness (QED) is 0.649. The summed E-state index contributed by atoms with van der Waals surface area (Å²) in [7, 11) is -3.62. The Labute approximate surface area is 188 Å². The maximum atomic E-state index is 12.7. The van der Waals surface area contributed by atoms with E-state index in [-0.39, 0.29) is 28.5 Å². The fourth-order valence-corrected chi connectivity index (χ4v) is 7.92. The number of carbonyl (C=O) groups excluding carboxylic acids is 2. The Kier molecular flexibility index (Phi) is 5.75. The van der Waals surface area contributed by atoms with E-state index in [0.29, 0.717) is 26.3 Å². The molecule has 1 aliphatic heterocycles. The van der Waals surface area contributed by atoms with Crippen molar-refractivity contribution in [1.29, 1.82) is 0 Å². The van der Waals surface area contributed by atoms with Crippen molar-refractivity contribution in [3.05, 3.63) is 29.8 Å². The molecule has 4 bridgehead atoms. The molecule has 0 radical (unpaired) electrons. The van der Waals surface area contributed by atoms with E-state index in [1.54, 1.807) is 0 Å². The van der Waals surface area contributed by atoms with E-state index < -0.39 is 16.0 Å². The molecule has 1 aromatic rings. The molecule has 9 heteroatoms. The van der Waals surface area contributed by atoms with E-state index in [4.69, 9.17) is 9.47 Å². The third kappa shape index (κ3) is 4.30. The zero-order valence-electron chi connectivity index (χ0n) is 18.1. The number of nitrogens with one attached hydrogen (secondary N) is 1. The molecule has 4 saturated carbocycles. The van der Waals surface area contributed by atoms with E-state index in [2.05, 4.69) is 5.32 Å². The second-order valence-corrected chi connectivity index (χ2v) is 11.8. The number of hydrogen-bond acceptors (Lipinski definition) is 6. The number of morpholine rings is 1. The minimum Gasteiger partial charge on any atom is -0.452 e. The number of benzene rings is 1. The second-order valence-electron chi connectivity index (χ2n) is 9.86. The third-order valence-corrected chi connectivity index (χ3v) is 9.39. The molecule has 0 unspecified atom stereocenters. The van der Waals surface area contributed by atoms with E-state index in [1.807, 2.05) is 0 Å². The molecule has 1 amide bonds. The largest absolute Gasteiger partial charge is 0.452 e. The summed E-state index contributed by atoms with van der Waals surface area (Å²) in [4.78, 5) is 25.1. The molecule has 1 aromatic carbocycles.